The van der Waals surface area contributed by atoms with Gasteiger partial charge in [0.2, 0.25) is 0 Å². The first-order valence-electron chi connectivity index (χ1n) is 5.48. The third-order valence-corrected chi connectivity index (χ3v) is 2.44. The summed E-state index contributed by atoms with van der Waals surface area (Å²) < 4.78 is 5.64. The quantitative estimate of drug-likeness (QED) is 0.826. The van der Waals surface area contributed by atoms with Crippen molar-refractivity contribution in [2.45, 2.75) is 39.2 Å². The van der Waals surface area contributed by atoms with Crippen molar-refractivity contribution in [1.82, 2.24) is 0 Å². The number of hydrogen-bond acceptors (Lipinski definition) is 3. The predicted octanol–water partition coefficient (Wildman–Crippen LogP) is 2.45. The summed E-state index contributed by atoms with van der Waals surface area (Å²) in [4.78, 5) is 0. The van der Waals surface area contributed by atoms with E-state index < -0.39 is 5.41 Å². The van der Waals surface area contributed by atoms with Gasteiger partial charge in [0.1, 0.15) is 11.5 Å². The third kappa shape index (κ3) is 2.67. The van der Waals surface area contributed by atoms with E-state index in [9.17, 15) is 10.2 Å². The van der Waals surface area contributed by atoms with Gasteiger partial charge in [0, 0.05) is 11.0 Å². The Hall–Kier alpha value is -1.22. The van der Waals surface area contributed by atoms with Crippen molar-refractivity contribution in [2.24, 2.45) is 0 Å². The monoisotopic (exact) mass is 224 g/mol. The molecule has 0 unspecified atom stereocenters. The van der Waals surface area contributed by atoms with Crippen LogP contribution in [0.4, 0.5) is 0 Å². The highest BCUT2D eigenvalue weighted by molar-refractivity contribution is 5.48. The number of phenols is 1. The van der Waals surface area contributed by atoms with E-state index in [1.54, 1.807) is 12.1 Å². The number of aromatic hydroxyl groups is 1. The molecule has 3 nitrogen and oxygen atoms in total. The SMILES string of the molecule is CC(C)Oc1cccc(O)c1C(C)(C)CO. The molecule has 0 spiro atoms. The molecule has 0 radical (unpaired) electrons. The van der Waals surface area contributed by atoms with Crippen LogP contribution in [0.2, 0.25) is 0 Å². The molecule has 2 N–H and O–H groups in total. The molecule has 0 aliphatic heterocycles. The van der Waals surface area contributed by atoms with Gasteiger partial charge in [-0.2, -0.15) is 0 Å². The lowest BCUT2D eigenvalue weighted by atomic mass is 9.84. The Morgan fingerprint density at radius 1 is 1.31 bits per heavy atom. The predicted molar refractivity (Wildman–Crippen MR) is 64.0 cm³/mol. The normalized spacial score (nSPS) is 11.9. The molecule has 16 heavy (non-hydrogen) atoms. The fourth-order valence-corrected chi connectivity index (χ4v) is 1.63. The zero-order valence-corrected chi connectivity index (χ0v) is 10.3. The second kappa shape index (κ2) is 4.74. The molecule has 1 rings (SSSR count). The molecular formula is C13H20O3. The molecule has 0 fully saturated rings. The largest absolute Gasteiger partial charge is 0.508 e. The van der Waals surface area contributed by atoms with Crippen molar-refractivity contribution in [3.05, 3.63) is 23.8 Å². The number of benzene rings is 1. The van der Waals surface area contributed by atoms with Gasteiger partial charge in [0.25, 0.3) is 0 Å². The lowest BCUT2D eigenvalue weighted by Crippen LogP contribution is -2.24. The Kier molecular flexibility index (Phi) is 3.81. The molecule has 0 atom stereocenters. The molecule has 3 heteroatoms. The lowest BCUT2D eigenvalue weighted by Gasteiger charge is -2.26. The average Bonchev–Trinajstić information content (AvgIpc) is 2.16. The van der Waals surface area contributed by atoms with Gasteiger partial charge in [-0.05, 0) is 26.0 Å². The highest BCUT2D eigenvalue weighted by Crippen LogP contribution is 2.38. The van der Waals surface area contributed by atoms with Crippen LogP contribution in [0, 0.1) is 0 Å². The van der Waals surface area contributed by atoms with Gasteiger partial charge in [-0.25, -0.2) is 0 Å². The maximum atomic E-state index is 9.88. The maximum Gasteiger partial charge on any atom is 0.127 e. The molecule has 0 aromatic heterocycles. The Labute approximate surface area is 96.7 Å². The van der Waals surface area contributed by atoms with E-state index in [0.29, 0.717) is 11.3 Å². The van der Waals surface area contributed by atoms with Crippen LogP contribution in [0.1, 0.15) is 33.3 Å². The van der Waals surface area contributed by atoms with E-state index in [1.807, 2.05) is 33.8 Å². The van der Waals surface area contributed by atoms with E-state index in [-0.39, 0.29) is 18.5 Å². The summed E-state index contributed by atoms with van der Waals surface area (Å²) in [6, 6.07) is 5.16. The molecule has 90 valence electrons. The van der Waals surface area contributed by atoms with E-state index in [1.165, 1.54) is 0 Å². The number of hydrogen-bond donors (Lipinski definition) is 2. The lowest BCUT2D eigenvalue weighted by molar-refractivity contribution is 0.198. The van der Waals surface area contributed by atoms with Crippen molar-refractivity contribution in [3.63, 3.8) is 0 Å². The van der Waals surface area contributed by atoms with Crippen LogP contribution in [0.25, 0.3) is 0 Å². The van der Waals surface area contributed by atoms with Crippen molar-refractivity contribution in [3.8, 4) is 11.5 Å². The maximum absolute atomic E-state index is 9.88. The first-order valence-corrected chi connectivity index (χ1v) is 5.48. The fourth-order valence-electron chi connectivity index (χ4n) is 1.63. The number of ether oxygens (including phenoxy) is 1. The summed E-state index contributed by atoms with van der Waals surface area (Å²) in [5, 5.41) is 19.2. The number of aliphatic hydroxyl groups excluding tert-OH is 1. The third-order valence-electron chi connectivity index (χ3n) is 2.44. The standard InChI is InChI=1S/C13H20O3/c1-9(2)16-11-7-5-6-10(15)12(11)13(3,4)8-14/h5-7,9,14-15H,8H2,1-4H3. The molecule has 0 aliphatic rings. The van der Waals surface area contributed by atoms with Crippen LogP contribution in [0.3, 0.4) is 0 Å². The summed E-state index contributed by atoms with van der Waals surface area (Å²) in [6.45, 7) is 7.56. The molecule has 0 saturated heterocycles. The Morgan fingerprint density at radius 3 is 2.44 bits per heavy atom. The van der Waals surface area contributed by atoms with Crippen LogP contribution >= 0.6 is 0 Å². The minimum atomic E-state index is -0.518. The summed E-state index contributed by atoms with van der Waals surface area (Å²) in [7, 11) is 0. The van der Waals surface area contributed by atoms with Crippen LogP contribution in [0.15, 0.2) is 18.2 Å². The van der Waals surface area contributed by atoms with Gasteiger partial charge in [-0.3, -0.25) is 0 Å². The molecule has 0 bridgehead atoms. The molecule has 0 saturated carbocycles. The highest BCUT2D eigenvalue weighted by Gasteiger charge is 2.27. The fraction of sp³-hybridized carbons (Fsp3) is 0.538. The Balaban J connectivity index is 3.23. The minimum absolute atomic E-state index is 0.0371. The zero-order chi connectivity index (χ0) is 12.3. The second-order valence-corrected chi connectivity index (χ2v) is 4.86. The minimum Gasteiger partial charge on any atom is -0.508 e. The topological polar surface area (TPSA) is 49.7 Å². The van der Waals surface area contributed by atoms with Crippen LogP contribution < -0.4 is 4.74 Å². The Morgan fingerprint density at radius 2 is 1.94 bits per heavy atom. The van der Waals surface area contributed by atoms with Gasteiger partial charge >= 0.3 is 0 Å². The summed E-state index contributed by atoms with van der Waals surface area (Å²) in [6.07, 6.45) is 0.0371. The van der Waals surface area contributed by atoms with Crippen molar-refractivity contribution in [1.29, 1.82) is 0 Å². The van der Waals surface area contributed by atoms with Gasteiger partial charge < -0.3 is 14.9 Å². The second-order valence-electron chi connectivity index (χ2n) is 4.86. The molecule has 1 aromatic carbocycles. The van der Waals surface area contributed by atoms with Gasteiger partial charge in [0.05, 0.1) is 12.7 Å². The van der Waals surface area contributed by atoms with Gasteiger partial charge in [-0.1, -0.05) is 19.9 Å². The average molecular weight is 224 g/mol. The summed E-state index contributed by atoms with van der Waals surface area (Å²) >= 11 is 0. The zero-order valence-electron chi connectivity index (χ0n) is 10.3. The molecule has 0 heterocycles. The van der Waals surface area contributed by atoms with Crippen LogP contribution in [-0.4, -0.2) is 22.9 Å². The summed E-state index contributed by atoms with van der Waals surface area (Å²) in [5.74, 6) is 0.797. The van der Waals surface area contributed by atoms with Gasteiger partial charge in [-0.15, -0.1) is 0 Å². The molecule has 0 aliphatic carbocycles. The molecular weight excluding hydrogens is 204 g/mol. The van der Waals surface area contributed by atoms with E-state index in [0.717, 1.165) is 0 Å². The van der Waals surface area contributed by atoms with Crippen LogP contribution in [-0.2, 0) is 5.41 Å². The van der Waals surface area contributed by atoms with E-state index in [2.05, 4.69) is 0 Å². The van der Waals surface area contributed by atoms with Crippen molar-refractivity contribution < 1.29 is 14.9 Å². The number of aliphatic hydroxyl groups is 1. The molecule has 1 aromatic rings. The van der Waals surface area contributed by atoms with E-state index >= 15 is 0 Å². The Bertz CT molecular complexity index is 356. The van der Waals surface area contributed by atoms with Crippen LogP contribution in [0.5, 0.6) is 11.5 Å². The number of phenolic OH excluding ortho intramolecular Hbond substituents is 1. The first-order chi connectivity index (χ1) is 7.38. The number of rotatable bonds is 4. The first kappa shape index (κ1) is 12.8. The van der Waals surface area contributed by atoms with Crippen molar-refractivity contribution in [2.75, 3.05) is 6.61 Å². The smallest absolute Gasteiger partial charge is 0.127 e. The van der Waals surface area contributed by atoms with Crippen molar-refractivity contribution >= 4 is 0 Å². The molecule has 0 amide bonds. The highest BCUT2D eigenvalue weighted by atomic mass is 16.5. The van der Waals surface area contributed by atoms with Gasteiger partial charge in [0.15, 0.2) is 0 Å². The van der Waals surface area contributed by atoms with E-state index in [4.69, 9.17) is 4.74 Å². The summed E-state index contributed by atoms with van der Waals surface area (Å²) in [5.41, 5.74) is 0.140.